The first-order valence-corrected chi connectivity index (χ1v) is 5.93. The van der Waals surface area contributed by atoms with Gasteiger partial charge in [0.2, 0.25) is 0 Å². The quantitative estimate of drug-likeness (QED) is 0.558. The summed E-state index contributed by atoms with van der Waals surface area (Å²) >= 11 is 0. The van der Waals surface area contributed by atoms with Crippen LogP contribution in [0.4, 0.5) is 0 Å². The molecule has 0 nitrogen and oxygen atoms in total. The predicted molar refractivity (Wildman–Crippen MR) is 59.8 cm³/mol. The molecule has 0 spiro atoms. The van der Waals surface area contributed by atoms with Crippen LogP contribution in [0.1, 0.15) is 59.3 Å². The molecule has 0 amide bonds. The molecule has 13 heavy (non-hydrogen) atoms. The fraction of sp³-hybridized carbons (Fsp3) is 0.846. The maximum Gasteiger partial charge on any atom is -0.0260 e. The van der Waals surface area contributed by atoms with Gasteiger partial charge in [-0.05, 0) is 37.5 Å². The fourth-order valence-electron chi connectivity index (χ4n) is 2.34. The summed E-state index contributed by atoms with van der Waals surface area (Å²) in [6.07, 6.45) is 10.9. The van der Waals surface area contributed by atoms with Crippen molar-refractivity contribution in [3.63, 3.8) is 0 Å². The third-order valence-electron chi connectivity index (χ3n) is 3.26. The van der Waals surface area contributed by atoms with Crippen molar-refractivity contribution in [1.29, 1.82) is 0 Å². The van der Waals surface area contributed by atoms with E-state index in [0.29, 0.717) is 0 Å². The highest BCUT2D eigenvalue weighted by atomic mass is 14.2. The molecule has 0 N–H and O–H groups in total. The average Bonchev–Trinajstić information content (AvgIpc) is 2.30. The summed E-state index contributed by atoms with van der Waals surface area (Å²) in [6, 6.07) is 0. The number of hydrogen-bond acceptors (Lipinski definition) is 0. The molecule has 0 aromatic rings. The van der Waals surface area contributed by atoms with E-state index >= 15 is 0 Å². The molecule has 0 heteroatoms. The minimum absolute atomic E-state index is 0.778. The van der Waals surface area contributed by atoms with Crippen molar-refractivity contribution < 1.29 is 0 Å². The lowest BCUT2D eigenvalue weighted by Gasteiger charge is -2.13. The number of rotatable bonds is 3. The number of hydrogen-bond donors (Lipinski definition) is 0. The van der Waals surface area contributed by atoms with E-state index in [0.717, 1.165) is 11.8 Å². The van der Waals surface area contributed by atoms with Gasteiger partial charge >= 0.3 is 0 Å². The second kappa shape index (κ2) is 5.47. The van der Waals surface area contributed by atoms with Gasteiger partial charge in [0.25, 0.3) is 0 Å². The van der Waals surface area contributed by atoms with E-state index in [1.807, 2.05) is 0 Å². The molecule has 0 aliphatic heterocycles. The van der Waals surface area contributed by atoms with E-state index in [2.05, 4.69) is 26.8 Å². The van der Waals surface area contributed by atoms with Gasteiger partial charge in [-0.25, -0.2) is 0 Å². The molecule has 1 aliphatic carbocycles. The zero-order chi connectivity index (χ0) is 9.68. The van der Waals surface area contributed by atoms with Crippen LogP contribution < -0.4 is 0 Å². The molecule has 0 heterocycles. The molecule has 0 radical (unpaired) electrons. The molecule has 0 aromatic heterocycles. The monoisotopic (exact) mass is 180 g/mol. The van der Waals surface area contributed by atoms with Gasteiger partial charge in [0, 0.05) is 0 Å². The minimum Gasteiger partial charge on any atom is -0.0851 e. The van der Waals surface area contributed by atoms with Gasteiger partial charge in [0.05, 0.1) is 0 Å². The fourth-order valence-corrected chi connectivity index (χ4v) is 2.34. The topological polar surface area (TPSA) is 0 Å². The lowest BCUT2D eigenvalue weighted by atomic mass is 9.93. The van der Waals surface area contributed by atoms with Crippen molar-refractivity contribution in [3.05, 3.63) is 11.6 Å². The highest BCUT2D eigenvalue weighted by Gasteiger charge is 2.13. The average molecular weight is 180 g/mol. The second-order valence-corrected chi connectivity index (χ2v) is 4.70. The first-order chi connectivity index (χ1) is 6.24. The highest BCUT2D eigenvalue weighted by molar-refractivity contribution is 5.06. The van der Waals surface area contributed by atoms with Crippen LogP contribution in [0.2, 0.25) is 0 Å². The molecule has 76 valence electrons. The standard InChI is InChI=1S/C13H24/c1-4-6-12-7-5-8-13(10-9-12)11(2)3/h8,11-12H,4-7,9-10H2,1-3H3. The molecule has 0 bridgehead atoms. The van der Waals surface area contributed by atoms with Crippen LogP contribution in [0, 0.1) is 11.8 Å². The van der Waals surface area contributed by atoms with E-state index < -0.39 is 0 Å². The Morgan fingerprint density at radius 2 is 2.15 bits per heavy atom. The molecule has 0 aromatic carbocycles. The summed E-state index contributed by atoms with van der Waals surface area (Å²) in [5.41, 5.74) is 1.71. The Balaban J connectivity index is 2.39. The van der Waals surface area contributed by atoms with E-state index in [1.54, 1.807) is 5.57 Å². The molecule has 0 saturated heterocycles. The van der Waals surface area contributed by atoms with Gasteiger partial charge in [-0.15, -0.1) is 0 Å². The normalized spacial score (nSPS) is 24.3. The van der Waals surface area contributed by atoms with E-state index in [-0.39, 0.29) is 0 Å². The largest absolute Gasteiger partial charge is 0.0851 e. The molecular formula is C13H24. The van der Waals surface area contributed by atoms with Gasteiger partial charge in [-0.2, -0.15) is 0 Å². The molecule has 0 fully saturated rings. The lowest BCUT2D eigenvalue weighted by molar-refractivity contribution is 0.424. The zero-order valence-electron chi connectivity index (χ0n) is 9.47. The summed E-state index contributed by atoms with van der Waals surface area (Å²) in [6.45, 7) is 6.96. The minimum atomic E-state index is 0.778. The summed E-state index contributed by atoms with van der Waals surface area (Å²) in [4.78, 5) is 0. The Kier molecular flexibility index (Phi) is 4.55. The molecule has 1 atom stereocenters. The zero-order valence-corrected chi connectivity index (χ0v) is 9.47. The molecule has 0 saturated carbocycles. The van der Waals surface area contributed by atoms with Gasteiger partial charge in [0.15, 0.2) is 0 Å². The van der Waals surface area contributed by atoms with E-state index in [9.17, 15) is 0 Å². The third kappa shape index (κ3) is 3.54. The van der Waals surface area contributed by atoms with Crippen molar-refractivity contribution in [2.24, 2.45) is 11.8 Å². The molecular weight excluding hydrogens is 156 g/mol. The van der Waals surface area contributed by atoms with Crippen molar-refractivity contribution in [2.45, 2.75) is 59.3 Å². The maximum atomic E-state index is 2.50. The summed E-state index contributed by atoms with van der Waals surface area (Å²) < 4.78 is 0. The van der Waals surface area contributed by atoms with Crippen molar-refractivity contribution in [3.8, 4) is 0 Å². The maximum absolute atomic E-state index is 2.50. The SMILES string of the molecule is CCCC1CCC=C(C(C)C)CC1. The Morgan fingerprint density at radius 3 is 2.77 bits per heavy atom. The predicted octanol–water partition coefficient (Wildman–Crippen LogP) is 4.56. The van der Waals surface area contributed by atoms with E-state index in [4.69, 9.17) is 0 Å². The van der Waals surface area contributed by atoms with Crippen LogP contribution in [-0.4, -0.2) is 0 Å². The first-order valence-electron chi connectivity index (χ1n) is 5.93. The van der Waals surface area contributed by atoms with Gasteiger partial charge in [-0.3, -0.25) is 0 Å². The van der Waals surface area contributed by atoms with Crippen molar-refractivity contribution in [2.75, 3.05) is 0 Å². The Hall–Kier alpha value is -0.260. The summed E-state index contributed by atoms with van der Waals surface area (Å²) in [5, 5.41) is 0. The molecule has 1 aliphatic rings. The highest BCUT2D eigenvalue weighted by Crippen LogP contribution is 2.29. The first kappa shape index (κ1) is 10.8. The summed E-state index contributed by atoms with van der Waals surface area (Å²) in [5.74, 6) is 1.79. The molecule has 1 unspecified atom stereocenters. The molecule has 1 rings (SSSR count). The smallest absolute Gasteiger partial charge is 0.0260 e. The Morgan fingerprint density at radius 1 is 1.38 bits per heavy atom. The third-order valence-corrected chi connectivity index (χ3v) is 3.26. The van der Waals surface area contributed by atoms with Gasteiger partial charge in [0.1, 0.15) is 0 Å². The van der Waals surface area contributed by atoms with Crippen molar-refractivity contribution in [1.82, 2.24) is 0 Å². The van der Waals surface area contributed by atoms with Crippen LogP contribution in [0.5, 0.6) is 0 Å². The van der Waals surface area contributed by atoms with Crippen LogP contribution in [0.25, 0.3) is 0 Å². The van der Waals surface area contributed by atoms with Gasteiger partial charge in [-0.1, -0.05) is 45.3 Å². The van der Waals surface area contributed by atoms with Crippen LogP contribution in [0.15, 0.2) is 11.6 Å². The van der Waals surface area contributed by atoms with Crippen molar-refractivity contribution >= 4 is 0 Å². The Bertz CT molecular complexity index is 165. The second-order valence-electron chi connectivity index (χ2n) is 4.70. The van der Waals surface area contributed by atoms with Crippen LogP contribution in [-0.2, 0) is 0 Å². The van der Waals surface area contributed by atoms with E-state index in [1.165, 1.54) is 38.5 Å². The lowest BCUT2D eigenvalue weighted by Crippen LogP contribution is -1.99. The van der Waals surface area contributed by atoms with Gasteiger partial charge < -0.3 is 0 Å². The summed E-state index contributed by atoms with van der Waals surface area (Å²) in [7, 11) is 0. The van der Waals surface area contributed by atoms with Crippen LogP contribution >= 0.6 is 0 Å². The Labute approximate surface area is 83.4 Å². The van der Waals surface area contributed by atoms with Crippen LogP contribution in [0.3, 0.4) is 0 Å². The number of allylic oxidation sites excluding steroid dienone is 2.